The van der Waals surface area contributed by atoms with E-state index in [0.717, 1.165) is 4.90 Å². The molecule has 0 aliphatic carbocycles. The van der Waals surface area contributed by atoms with Gasteiger partial charge in [0.1, 0.15) is 7.85 Å². The molecule has 0 bridgehead atoms. The molecule has 8 heavy (non-hydrogen) atoms. The molecule has 40 valence electrons. The summed E-state index contributed by atoms with van der Waals surface area (Å²) in [6.07, 6.45) is 0. The zero-order valence-corrected chi connectivity index (χ0v) is 5.65. The quantitative estimate of drug-likeness (QED) is 0.369. The normalized spacial score (nSPS) is 9.12. The second-order valence-electron chi connectivity index (χ2n) is 1.84. The van der Waals surface area contributed by atoms with Crippen LogP contribution in [0.4, 0.5) is 0 Å². The van der Waals surface area contributed by atoms with Crippen LogP contribution in [0, 0.1) is 0 Å². The minimum absolute atomic E-state index is 1.03. The fraction of sp³-hybridized carbons (Fsp3) is 0. The van der Waals surface area contributed by atoms with E-state index in [4.69, 9.17) is 0 Å². The minimum atomic E-state index is 1.03. The van der Waals surface area contributed by atoms with Gasteiger partial charge in [-0.2, -0.15) is 0 Å². The molecule has 0 atom stereocenters. The van der Waals surface area contributed by atoms with E-state index in [2.05, 4.69) is 26.5 Å². The Hall–Kier alpha value is -0.365. The number of rotatable bonds is 0. The van der Waals surface area contributed by atoms with E-state index in [1.54, 1.807) is 0 Å². The summed E-state index contributed by atoms with van der Waals surface area (Å²) < 4.78 is 0. The van der Waals surface area contributed by atoms with Crippen molar-refractivity contribution >= 4 is 25.9 Å². The monoisotopic (exact) mass is 122 g/mol. The molecule has 0 amide bonds. The molecule has 0 heterocycles. The predicted molar refractivity (Wildman–Crippen MR) is 41.9 cm³/mol. The smallest absolute Gasteiger partial charge is 0.139 e. The van der Waals surface area contributed by atoms with E-state index in [9.17, 15) is 0 Å². The fourth-order valence-electron chi connectivity index (χ4n) is 0.628. The van der Waals surface area contributed by atoms with Gasteiger partial charge >= 0.3 is 0 Å². The molecule has 2 heteroatoms. The third kappa shape index (κ3) is 1.30. The van der Waals surface area contributed by atoms with Gasteiger partial charge in [-0.25, -0.2) is 0 Å². The Bertz CT molecular complexity index is 168. The molecule has 0 nitrogen and oxygen atoms in total. The van der Waals surface area contributed by atoms with Crippen LogP contribution in [0.15, 0.2) is 29.2 Å². The van der Waals surface area contributed by atoms with Crippen LogP contribution in [0.5, 0.6) is 0 Å². The van der Waals surface area contributed by atoms with Crippen LogP contribution in [-0.4, -0.2) is 7.85 Å². The van der Waals surface area contributed by atoms with Crippen LogP contribution in [0.3, 0.4) is 0 Å². The van der Waals surface area contributed by atoms with E-state index in [1.807, 2.05) is 18.2 Å². The fourth-order valence-corrected chi connectivity index (χ4v) is 0.918. The van der Waals surface area contributed by atoms with Gasteiger partial charge in [0, 0.05) is 4.90 Å². The summed E-state index contributed by atoms with van der Waals surface area (Å²) in [6, 6.07) is 8.05. The van der Waals surface area contributed by atoms with Crippen LogP contribution in [0.25, 0.3) is 0 Å². The van der Waals surface area contributed by atoms with Crippen molar-refractivity contribution in [2.75, 3.05) is 0 Å². The van der Waals surface area contributed by atoms with Crippen LogP contribution >= 0.6 is 12.6 Å². The summed E-state index contributed by atoms with van der Waals surface area (Å²) >= 11 is 4.15. The molecular weight excluding hydrogens is 115 g/mol. The molecular formula is C6H7BS. The van der Waals surface area contributed by atoms with E-state index in [-0.39, 0.29) is 0 Å². The van der Waals surface area contributed by atoms with Crippen LogP contribution < -0.4 is 5.46 Å². The van der Waals surface area contributed by atoms with Gasteiger partial charge < -0.3 is 0 Å². The molecule has 1 aromatic rings. The molecule has 0 aliphatic heterocycles. The molecule has 0 saturated heterocycles. The average Bonchev–Trinajstić information content (AvgIpc) is 1.64. The van der Waals surface area contributed by atoms with Crippen molar-refractivity contribution in [2.24, 2.45) is 0 Å². The molecule has 0 fully saturated rings. The maximum Gasteiger partial charge on any atom is 0.139 e. The van der Waals surface area contributed by atoms with Crippen molar-refractivity contribution in [3.05, 3.63) is 24.3 Å². The highest BCUT2D eigenvalue weighted by atomic mass is 32.1. The average molecular weight is 122 g/mol. The van der Waals surface area contributed by atoms with Gasteiger partial charge in [0.25, 0.3) is 0 Å². The van der Waals surface area contributed by atoms with Crippen LogP contribution in [-0.2, 0) is 0 Å². The lowest BCUT2D eigenvalue weighted by atomic mass is 9.97. The van der Waals surface area contributed by atoms with Gasteiger partial charge in [-0.05, 0) is 6.07 Å². The van der Waals surface area contributed by atoms with Gasteiger partial charge in [0.2, 0.25) is 0 Å². The Morgan fingerprint density at radius 1 is 1.38 bits per heavy atom. The Balaban J connectivity index is 3.08. The number of benzene rings is 1. The summed E-state index contributed by atoms with van der Waals surface area (Å²) in [6.45, 7) is 0. The molecule has 0 aliphatic rings. The Kier molecular flexibility index (Phi) is 1.64. The van der Waals surface area contributed by atoms with Crippen molar-refractivity contribution in [2.45, 2.75) is 4.90 Å². The maximum atomic E-state index is 4.15. The molecule has 0 aromatic heterocycles. The highest BCUT2D eigenvalue weighted by Gasteiger charge is 1.81. The molecule has 0 radical (unpaired) electrons. The van der Waals surface area contributed by atoms with Crippen molar-refractivity contribution in [1.29, 1.82) is 0 Å². The topological polar surface area (TPSA) is 0 Å². The molecule has 0 saturated carbocycles. The standard InChI is InChI=1S/C6H7BS/c7-5-2-1-3-6(8)4-5/h1-4,8H,7H2. The summed E-state index contributed by atoms with van der Waals surface area (Å²) in [4.78, 5) is 1.03. The van der Waals surface area contributed by atoms with Gasteiger partial charge in [0.05, 0.1) is 0 Å². The molecule has 0 N–H and O–H groups in total. The summed E-state index contributed by atoms with van der Waals surface area (Å²) in [7, 11) is 2.06. The first-order valence-corrected chi connectivity index (χ1v) is 2.99. The number of thiol groups is 1. The van der Waals surface area contributed by atoms with Gasteiger partial charge in [0.15, 0.2) is 0 Å². The number of hydrogen-bond acceptors (Lipinski definition) is 1. The highest BCUT2D eigenvalue weighted by molar-refractivity contribution is 7.80. The first-order chi connectivity index (χ1) is 3.79. The minimum Gasteiger partial charge on any atom is -0.143 e. The Labute approximate surface area is 55.7 Å². The molecule has 1 aromatic carbocycles. The SMILES string of the molecule is Bc1cccc(S)c1. The first kappa shape index (κ1) is 5.77. The highest BCUT2D eigenvalue weighted by Crippen LogP contribution is 1.99. The lowest BCUT2D eigenvalue weighted by Crippen LogP contribution is -1.98. The second-order valence-corrected chi connectivity index (χ2v) is 2.36. The lowest BCUT2D eigenvalue weighted by Gasteiger charge is -1.90. The van der Waals surface area contributed by atoms with E-state index < -0.39 is 0 Å². The Morgan fingerprint density at radius 3 is 2.50 bits per heavy atom. The van der Waals surface area contributed by atoms with Crippen LogP contribution in [0.2, 0.25) is 0 Å². The third-order valence-electron chi connectivity index (χ3n) is 1.00. The molecule has 0 unspecified atom stereocenters. The number of hydrogen-bond donors (Lipinski definition) is 1. The van der Waals surface area contributed by atoms with E-state index in [1.165, 1.54) is 5.46 Å². The second kappa shape index (κ2) is 2.27. The van der Waals surface area contributed by atoms with Crippen LogP contribution in [0.1, 0.15) is 0 Å². The van der Waals surface area contributed by atoms with Gasteiger partial charge in [-0.1, -0.05) is 23.7 Å². The van der Waals surface area contributed by atoms with Gasteiger partial charge in [-0.15, -0.1) is 12.6 Å². The first-order valence-electron chi connectivity index (χ1n) is 2.54. The molecule has 0 spiro atoms. The third-order valence-corrected chi connectivity index (χ3v) is 1.28. The van der Waals surface area contributed by atoms with E-state index >= 15 is 0 Å². The maximum absolute atomic E-state index is 4.15. The summed E-state index contributed by atoms with van der Waals surface area (Å²) in [5.74, 6) is 0. The summed E-state index contributed by atoms with van der Waals surface area (Å²) in [5.41, 5.74) is 1.26. The predicted octanol–water partition coefficient (Wildman–Crippen LogP) is 0.234. The zero-order chi connectivity index (χ0) is 5.98. The van der Waals surface area contributed by atoms with E-state index in [0.29, 0.717) is 0 Å². The largest absolute Gasteiger partial charge is 0.143 e. The lowest BCUT2D eigenvalue weighted by molar-refractivity contribution is 1.51. The zero-order valence-electron chi connectivity index (χ0n) is 4.76. The van der Waals surface area contributed by atoms with Crippen molar-refractivity contribution < 1.29 is 0 Å². The van der Waals surface area contributed by atoms with Crippen molar-refractivity contribution in [1.82, 2.24) is 0 Å². The summed E-state index contributed by atoms with van der Waals surface area (Å²) in [5, 5.41) is 0. The van der Waals surface area contributed by atoms with Crippen molar-refractivity contribution in [3.8, 4) is 0 Å². The van der Waals surface area contributed by atoms with Gasteiger partial charge in [-0.3, -0.25) is 0 Å². The Morgan fingerprint density at radius 2 is 2.12 bits per heavy atom. The molecule has 1 rings (SSSR count). The van der Waals surface area contributed by atoms with Crippen molar-refractivity contribution in [3.63, 3.8) is 0 Å².